The Morgan fingerprint density at radius 3 is 3.00 bits per heavy atom. The molecule has 0 radical (unpaired) electrons. The molecular formula is C12H14Cl2N2. The second-order valence-corrected chi connectivity index (χ2v) is 4.48. The van der Waals surface area contributed by atoms with Crippen LogP contribution < -0.4 is 5.32 Å². The van der Waals surface area contributed by atoms with Gasteiger partial charge in [-0.1, -0.05) is 18.2 Å². The van der Waals surface area contributed by atoms with Crippen molar-refractivity contribution in [3.8, 4) is 0 Å². The summed E-state index contributed by atoms with van der Waals surface area (Å²) in [5, 5.41) is 4.72. The lowest BCUT2D eigenvalue weighted by atomic mass is 10.2. The maximum atomic E-state index is 6.34. The van der Waals surface area contributed by atoms with Gasteiger partial charge >= 0.3 is 0 Å². The molecule has 1 atom stereocenters. The van der Waals surface area contributed by atoms with E-state index in [0.29, 0.717) is 0 Å². The summed E-state index contributed by atoms with van der Waals surface area (Å²) in [7, 11) is 0. The Labute approximate surface area is 106 Å². The van der Waals surface area contributed by atoms with Crippen LogP contribution >= 0.6 is 24.0 Å². The third-order valence-electron chi connectivity index (χ3n) is 3.00. The molecule has 4 heteroatoms. The average Bonchev–Trinajstić information content (AvgIpc) is 2.54. The Kier molecular flexibility index (Phi) is 3.43. The highest BCUT2D eigenvalue weighted by Crippen LogP contribution is 2.28. The lowest BCUT2D eigenvalue weighted by molar-refractivity contribution is 0.656. The molecule has 1 aliphatic rings. The molecule has 0 spiro atoms. The first-order chi connectivity index (χ1) is 7.36. The minimum atomic E-state index is 0. The number of rotatable bonds is 0. The van der Waals surface area contributed by atoms with E-state index >= 15 is 0 Å². The predicted octanol–water partition coefficient (Wildman–Crippen LogP) is 2.95. The molecule has 2 aromatic rings. The largest absolute Gasteiger partial charge is 0.342 e. The van der Waals surface area contributed by atoms with Gasteiger partial charge in [0, 0.05) is 30.8 Å². The summed E-state index contributed by atoms with van der Waals surface area (Å²) >= 11 is 6.34. The minimum absolute atomic E-state index is 0. The van der Waals surface area contributed by atoms with Crippen LogP contribution in [0.25, 0.3) is 10.9 Å². The zero-order valence-corrected chi connectivity index (χ0v) is 10.4. The van der Waals surface area contributed by atoms with Crippen LogP contribution in [0.4, 0.5) is 0 Å². The fraction of sp³-hybridized carbons (Fsp3) is 0.333. The first-order valence-corrected chi connectivity index (χ1v) is 5.73. The summed E-state index contributed by atoms with van der Waals surface area (Å²) in [6.07, 6.45) is 0. The second-order valence-electron chi connectivity index (χ2n) is 3.95. The number of aromatic nitrogens is 1. The first kappa shape index (κ1) is 11.8. The van der Waals surface area contributed by atoms with E-state index in [9.17, 15) is 0 Å². The molecule has 3 rings (SSSR count). The molecule has 0 amide bonds. The monoisotopic (exact) mass is 256 g/mol. The van der Waals surface area contributed by atoms with Crippen molar-refractivity contribution in [3.63, 3.8) is 0 Å². The summed E-state index contributed by atoms with van der Waals surface area (Å²) in [6.45, 7) is 2.86. The zero-order valence-electron chi connectivity index (χ0n) is 8.82. The highest BCUT2D eigenvalue weighted by Gasteiger charge is 2.18. The summed E-state index contributed by atoms with van der Waals surface area (Å²) < 4.78 is 2.33. The maximum absolute atomic E-state index is 6.34. The quantitative estimate of drug-likeness (QED) is 0.718. The van der Waals surface area contributed by atoms with Gasteiger partial charge in [0.1, 0.15) is 0 Å². The lowest BCUT2D eigenvalue weighted by Crippen LogP contribution is -2.18. The fourth-order valence-electron chi connectivity index (χ4n) is 2.27. The van der Waals surface area contributed by atoms with E-state index < -0.39 is 0 Å². The third kappa shape index (κ3) is 1.81. The number of fused-ring (bicyclic) bond motifs is 3. The Bertz CT molecular complexity index is 493. The first-order valence-electron chi connectivity index (χ1n) is 5.29. The number of nitrogens with zero attached hydrogens (tertiary/aromatic N) is 1. The normalized spacial score (nSPS) is 19.9. The Balaban J connectivity index is 0.000000963. The molecule has 0 saturated heterocycles. The van der Waals surface area contributed by atoms with Gasteiger partial charge in [-0.25, -0.2) is 0 Å². The van der Waals surface area contributed by atoms with Gasteiger partial charge in [0.15, 0.2) is 0 Å². The molecule has 0 aliphatic carbocycles. The zero-order chi connectivity index (χ0) is 10.3. The van der Waals surface area contributed by atoms with E-state index in [1.807, 2.05) is 0 Å². The van der Waals surface area contributed by atoms with Gasteiger partial charge in [-0.05, 0) is 17.5 Å². The fourth-order valence-corrected chi connectivity index (χ4v) is 2.55. The smallest absolute Gasteiger partial charge is 0.0861 e. The Morgan fingerprint density at radius 1 is 1.31 bits per heavy atom. The van der Waals surface area contributed by atoms with Gasteiger partial charge in [-0.15, -0.1) is 24.0 Å². The highest BCUT2D eigenvalue weighted by atomic mass is 35.5. The molecule has 1 N–H and O–H groups in total. The summed E-state index contributed by atoms with van der Waals surface area (Å²) in [5.74, 6) is 0. The van der Waals surface area contributed by atoms with Gasteiger partial charge in [0.05, 0.1) is 5.38 Å². The number of alkyl halides is 1. The van der Waals surface area contributed by atoms with E-state index in [2.05, 4.69) is 40.2 Å². The predicted molar refractivity (Wildman–Crippen MR) is 70.6 cm³/mol. The van der Waals surface area contributed by atoms with Crippen molar-refractivity contribution < 1.29 is 0 Å². The van der Waals surface area contributed by atoms with Crippen LogP contribution in [-0.4, -0.2) is 17.7 Å². The van der Waals surface area contributed by atoms with Gasteiger partial charge in [-0.2, -0.15) is 0 Å². The van der Waals surface area contributed by atoms with Crippen molar-refractivity contribution in [1.82, 2.24) is 9.88 Å². The summed E-state index contributed by atoms with van der Waals surface area (Å²) in [6, 6.07) is 10.7. The van der Waals surface area contributed by atoms with Crippen LogP contribution in [0.3, 0.4) is 0 Å². The van der Waals surface area contributed by atoms with Crippen LogP contribution in [0.5, 0.6) is 0 Å². The van der Waals surface area contributed by atoms with Crippen molar-refractivity contribution in [1.29, 1.82) is 0 Å². The molecule has 0 bridgehead atoms. The standard InChI is InChI=1S/C12H13ClN2.ClH/c13-10-8-14-5-6-15-11-4-2-1-3-9(11)7-12(10)15;/h1-4,7,10,14H,5-6,8H2;1H. The molecule has 1 unspecified atom stereocenters. The van der Waals surface area contributed by atoms with Crippen LogP contribution in [0, 0.1) is 0 Å². The molecule has 1 aliphatic heterocycles. The molecule has 1 aromatic carbocycles. The number of hydrogen-bond donors (Lipinski definition) is 1. The Morgan fingerprint density at radius 2 is 2.12 bits per heavy atom. The van der Waals surface area contributed by atoms with Crippen molar-refractivity contribution in [3.05, 3.63) is 36.0 Å². The molecular weight excluding hydrogens is 243 g/mol. The topological polar surface area (TPSA) is 17.0 Å². The second kappa shape index (κ2) is 4.66. The lowest BCUT2D eigenvalue weighted by Gasteiger charge is -2.08. The van der Waals surface area contributed by atoms with Crippen molar-refractivity contribution in [2.75, 3.05) is 13.1 Å². The number of para-hydroxylation sites is 1. The minimum Gasteiger partial charge on any atom is -0.342 e. The van der Waals surface area contributed by atoms with Gasteiger partial charge in [0.2, 0.25) is 0 Å². The van der Waals surface area contributed by atoms with Crippen LogP contribution in [0.2, 0.25) is 0 Å². The van der Waals surface area contributed by atoms with Gasteiger partial charge in [0.25, 0.3) is 0 Å². The van der Waals surface area contributed by atoms with E-state index in [-0.39, 0.29) is 17.8 Å². The molecule has 0 saturated carbocycles. The average molecular weight is 257 g/mol. The molecule has 86 valence electrons. The summed E-state index contributed by atoms with van der Waals surface area (Å²) in [4.78, 5) is 0. The van der Waals surface area contributed by atoms with Crippen molar-refractivity contribution in [2.45, 2.75) is 11.9 Å². The summed E-state index contributed by atoms with van der Waals surface area (Å²) in [5.41, 5.74) is 2.53. The Hall–Kier alpha value is -0.700. The van der Waals surface area contributed by atoms with E-state index in [0.717, 1.165) is 19.6 Å². The number of benzene rings is 1. The van der Waals surface area contributed by atoms with Crippen LogP contribution in [0.15, 0.2) is 30.3 Å². The maximum Gasteiger partial charge on any atom is 0.0861 e. The van der Waals surface area contributed by atoms with Crippen molar-refractivity contribution >= 4 is 34.9 Å². The molecule has 0 fully saturated rings. The SMILES string of the molecule is Cl.ClC1CNCCn2c1cc1ccccc12. The third-order valence-corrected chi connectivity index (χ3v) is 3.38. The molecule has 2 heterocycles. The van der Waals surface area contributed by atoms with Gasteiger partial charge in [-0.3, -0.25) is 0 Å². The number of nitrogens with one attached hydrogen (secondary N) is 1. The van der Waals surface area contributed by atoms with E-state index in [1.165, 1.54) is 16.6 Å². The molecule has 16 heavy (non-hydrogen) atoms. The molecule has 2 nitrogen and oxygen atoms in total. The van der Waals surface area contributed by atoms with Crippen LogP contribution in [-0.2, 0) is 6.54 Å². The number of halogens is 2. The van der Waals surface area contributed by atoms with Gasteiger partial charge < -0.3 is 9.88 Å². The number of hydrogen-bond acceptors (Lipinski definition) is 1. The highest BCUT2D eigenvalue weighted by molar-refractivity contribution is 6.21. The van der Waals surface area contributed by atoms with E-state index in [1.54, 1.807) is 0 Å². The van der Waals surface area contributed by atoms with E-state index in [4.69, 9.17) is 11.6 Å². The molecule has 1 aromatic heterocycles. The van der Waals surface area contributed by atoms with Crippen LogP contribution in [0.1, 0.15) is 11.1 Å². The van der Waals surface area contributed by atoms with Crippen molar-refractivity contribution in [2.24, 2.45) is 0 Å².